The van der Waals surface area contributed by atoms with E-state index in [1.54, 1.807) is 11.5 Å². The van der Waals surface area contributed by atoms with Gasteiger partial charge in [-0.05, 0) is 6.07 Å². The molecular formula is C9H8NOS2+. The number of rotatable bonds is 0. The molecule has 1 aromatic carbocycles. The molecule has 13 heavy (non-hydrogen) atoms. The third-order valence-electron chi connectivity index (χ3n) is 1.81. The van der Waals surface area contributed by atoms with Gasteiger partial charge in [0.1, 0.15) is 4.70 Å². The smallest absolute Gasteiger partial charge is 0.219 e. The van der Waals surface area contributed by atoms with Gasteiger partial charge in [0.25, 0.3) is 0 Å². The fourth-order valence-corrected chi connectivity index (χ4v) is 2.75. The predicted molar refractivity (Wildman–Crippen MR) is 55.6 cm³/mol. The molecule has 0 bridgehead atoms. The summed E-state index contributed by atoms with van der Waals surface area (Å²) in [6.45, 7) is 1.54. The van der Waals surface area contributed by atoms with Gasteiger partial charge in [0, 0.05) is 6.07 Å². The van der Waals surface area contributed by atoms with E-state index in [9.17, 15) is 4.79 Å². The molecule has 1 aromatic heterocycles. The number of thiol groups is 1. The third-order valence-corrected chi connectivity index (χ3v) is 3.22. The maximum atomic E-state index is 11.3. The van der Waals surface area contributed by atoms with Gasteiger partial charge in [-0.25, -0.2) is 4.79 Å². The summed E-state index contributed by atoms with van der Waals surface area (Å²) in [6, 6.07) is 7.78. The number of aromatic nitrogens is 1. The number of hydrogen-bond acceptors (Lipinski definition) is 3. The molecule has 0 atom stereocenters. The fourth-order valence-electron chi connectivity index (χ4n) is 1.28. The average molecular weight is 210 g/mol. The van der Waals surface area contributed by atoms with Gasteiger partial charge in [-0.1, -0.05) is 36.1 Å². The summed E-state index contributed by atoms with van der Waals surface area (Å²) in [6.07, 6.45) is 0. The van der Waals surface area contributed by atoms with E-state index in [2.05, 4.69) is 12.6 Å². The zero-order valence-electron chi connectivity index (χ0n) is 7.02. The summed E-state index contributed by atoms with van der Waals surface area (Å²) >= 11 is 5.77. The van der Waals surface area contributed by atoms with Gasteiger partial charge < -0.3 is 0 Å². The summed E-state index contributed by atoms with van der Waals surface area (Å²) in [5, 5.41) is 0. The molecule has 0 unspecified atom stereocenters. The molecule has 0 saturated carbocycles. The van der Waals surface area contributed by atoms with Crippen LogP contribution in [0.4, 0.5) is 0 Å². The van der Waals surface area contributed by atoms with E-state index >= 15 is 0 Å². The SMILES string of the molecule is CC(=O)[n+]1c(S)sc2ccccc21. The number of thiazole rings is 1. The quantitative estimate of drug-likeness (QED) is 0.522. The van der Waals surface area contributed by atoms with Crippen LogP contribution in [0.15, 0.2) is 28.6 Å². The number of hydrogen-bond donors (Lipinski definition) is 1. The Morgan fingerprint density at radius 2 is 2.15 bits per heavy atom. The van der Waals surface area contributed by atoms with Crippen molar-refractivity contribution in [2.24, 2.45) is 0 Å². The highest BCUT2D eigenvalue weighted by Crippen LogP contribution is 2.21. The van der Waals surface area contributed by atoms with Crippen LogP contribution in [0.1, 0.15) is 11.7 Å². The minimum absolute atomic E-state index is 0.00227. The number of carbonyl (C=O) groups is 1. The van der Waals surface area contributed by atoms with Gasteiger partial charge >= 0.3 is 10.2 Å². The van der Waals surface area contributed by atoms with Crippen molar-refractivity contribution in [3.8, 4) is 0 Å². The van der Waals surface area contributed by atoms with Gasteiger partial charge in [-0.3, -0.25) is 0 Å². The second kappa shape index (κ2) is 3.12. The van der Waals surface area contributed by atoms with Crippen LogP contribution in [0.3, 0.4) is 0 Å². The first-order valence-corrected chi connectivity index (χ1v) is 5.10. The Kier molecular flexibility index (Phi) is 2.09. The molecule has 0 saturated heterocycles. The van der Waals surface area contributed by atoms with E-state index in [-0.39, 0.29) is 5.91 Å². The number of carbonyl (C=O) groups excluding carboxylic acids is 1. The Hall–Kier alpha value is -0.870. The largest absolute Gasteiger partial charge is 0.391 e. The van der Waals surface area contributed by atoms with Crippen molar-refractivity contribution in [3.05, 3.63) is 24.3 Å². The van der Waals surface area contributed by atoms with Crippen molar-refractivity contribution in [3.63, 3.8) is 0 Å². The van der Waals surface area contributed by atoms with Crippen LogP contribution in [0.2, 0.25) is 0 Å². The minimum atomic E-state index is 0.00227. The number of nitrogens with zero attached hydrogens (tertiary/aromatic N) is 1. The molecule has 0 aliphatic heterocycles. The highest BCUT2D eigenvalue weighted by atomic mass is 32.2. The van der Waals surface area contributed by atoms with E-state index in [0.29, 0.717) is 0 Å². The molecule has 0 aliphatic carbocycles. The Balaban J connectivity index is 2.86. The Morgan fingerprint density at radius 1 is 1.46 bits per heavy atom. The van der Waals surface area contributed by atoms with Crippen molar-refractivity contribution in [2.75, 3.05) is 0 Å². The molecule has 2 rings (SSSR count). The van der Waals surface area contributed by atoms with Crippen LogP contribution in [-0.2, 0) is 0 Å². The van der Waals surface area contributed by atoms with Gasteiger partial charge in [0.05, 0.1) is 6.92 Å². The van der Waals surface area contributed by atoms with Crippen molar-refractivity contribution >= 4 is 40.1 Å². The molecule has 1 heterocycles. The molecule has 66 valence electrons. The highest BCUT2D eigenvalue weighted by molar-refractivity contribution is 7.82. The molecule has 4 heteroatoms. The number of para-hydroxylation sites is 1. The lowest BCUT2D eigenvalue weighted by atomic mass is 10.3. The van der Waals surface area contributed by atoms with Gasteiger partial charge in [0.15, 0.2) is 0 Å². The summed E-state index contributed by atoms with van der Waals surface area (Å²) in [7, 11) is 0. The summed E-state index contributed by atoms with van der Waals surface area (Å²) in [5.41, 5.74) is 0.935. The van der Waals surface area contributed by atoms with Crippen molar-refractivity contribution in [2.45, 2.75) is 11.3 Å². The molecule has 0 radical (unpaired) electrons. The number of fused-ring (bicyclic) bond motifs is 1. The van der Waals surface area contributed by atoms with Crippen LogP contribution < -0.4 is 4.57 Å². The van der Waals surface area contributed by atoms with Crippen LogP contribution in [0, 0.1) is 0 Å². The average Bonchev–Trinajstić information content (AvgIpc) is 2.39. The van der Waals surface area contributed by atoms with E-state index in [1.165, 1.54) is 11.3 Å². The van der Waals surface area contributed by atoms with Gasteiger partial charge in [-0.2, -0.15) is 0 Å². The minimum Gasteiger partial charge on any atom is -0.219 e. The summed E-state index contributed by atoms with van der Waals surface area (Å²) < 4.78 is 3.43. The first kappa shape index (κ1) is 8.72. The molecule has 2 nitrogen and oxygen atoms in total. The first-order chi connectivity index (χ1) is 6.20. The second-order valence-electron chi connectivity index (χ2n) is 2.71. The predicted octanol–water partition coefficient (Wildman–Crippen LogP) is 2.14. The number of benzene rings is 1. The molecule has 0 aliphatic rings. The Bertz CT molecular complexity index is 475. The van der Waals surface area contributed by atoms with E-state index in [0.717, 1.165) is 14.6 Å². The maximum absolute atomic E-state index is 11.3. The molecule has 0 fully saturated rings. The first-order valence-electron chi connectivity index (χ1n) is 3.83. The van der Waals surface area contributed by atoms with Gasteiger partial charge in [0.2, 0.25) is 5.52 Å². The van der Waals surface area contributed by atoms with Crippen LogP contribution >= 0.6 is 24.0 Å². The monoisotopic (exact) mass is 210 g/mol. The standard InChI is InChI=1S/C9H7NOS2/c1-6(11)10-7-4-2-3-5-8(7)13-9(10)12/h2-5H,1H3/p+1. The van der Waals surface area contributed by atoms with E-state index in [1.807, 2.05) is 24.3 Å². The lowest BCUT2D eigenvalue weighted by molar-refractivity contribution is -0.578. The normalized spacial score (nSPS) is 10.6. The molecular weight excluding hydrogens is 202 g/mol. The molecule has 2 aromatic rings. The fraction of sp³-hybridized carbons (Fsp3) is 0.111. The zero-order chi connectivity index (χ0) is 9.42. The lowest BCUT2D eigenvalue weighted by Crippen LogP contribution is -2.40. The van der Waals surface area contributed by atoms with E-state index in [4.69, 9.17) is 0 Å². The molecule has 0 spiro atoms. The van der Waals surface area contributed by atoms with Crippen molar-refractivity contribution in [1.82, 2.24) is 0 Å². The summed E-state index contributed by atoms with van der Waals surface area (Å²) in [5.74, 6) is 0.00227. The topological polar surface area (TPSA) is 20.9 Å². The van der Waals surface area contributed by atoms with Crippen molar-refractivity contribution in [1.29, 1.82) is 0 Å². The van der Waals surface area contributed by atoms with Crippen LogP contribution in [-0.4, -0.2) is 5.91 Å². The van der Waals surface area contributed by atoms with Crippen LogP contribution in [0.25, 0.3) is 10.2 Å². The molecule has 0 N–H and O–H groups in total. The highest BCUT2D eigenvalue weighted by Gasteiger charge is 2.21. The summed E-state index contributed by atoms with van der Waals surface area (Å²) in [4.78, 5) is 11.3. The lowest BCUT2D eigenvalue weighted by Gasteiger charge is -1.86. The third kappa shape index (κ3) is 1.36. The zero-order valence-corrected chi connectivity index (χ0v) is 8.73. The van der Waals surface area contributed by atoms with E-state index < -0.39 is 0 Å². The molecule has 0 amide bonds. The Morgan fingerprint density at radius 3 is 2.85 bits per heavy atom. The van der Waals surface area contributed by atoms with Crippen molar-refractivity contribution < 1.29 is 9.36 Å². The Labute approximate surface area is 85.2 Å². The van der Waals surface area contributed by atoms with Gasteiger partial charge in [-0.15, -0.1) is 4.57 Å². The second-order valence-corrected chi connectivity index (χ2v) is 4.46. The van der Waals surface area contributed by atoms with Crippen LogP contribution in [0.5, 0.6) is 0 Å². The maximum Gasteiger partial charge on any atom is 0.391 e.